The van der Waals surface area contributed by atoms with E-state index in [-0.39, 0.29) is 0 Å². The fraction of sp³-hybridized carbons (Fsp3) is 0.750. The molecule has 0 aromatic heterocycles. The minimum absolute atomic E-state index is 0.630. The largest absolute Gasteiger partial charge is 0.478 e. The molecule has 0 saturated heterocycles. The molecule has 0 bridgehead atoms. The van der Waals surface area contributed by atoms with Crippen LogP contribution in [-0.4, -0.2) is 11.1 Å². The Balaban J connectivity index is 2.56. The van der Waals surface area contributed by atoms with Crippen molar-refractivity contribution < 1.29 is 9.90 Å². The average molecular weight is 196 g/mol. The minimum Gasteiger partial charge on any atom is -0.478 e. The van der Waals surface area contributed by atoms with Crippen molar-refractivity contribution in [1.82, 2.24) is 0 Å². The van der Waals surface area contributed by atoms with Gasteiger partial charge in [0.1, 0.15) is 0 Å². The quantitative estimate of drug-likeness (QED) is 0.735. The molecule has 0 fully saturated rings. The number of carboxylic acids is 1. The Morgan fingerprint density at radius 2 is 2.29 bits per heavy atom. The molecular weight excluding hydrogens is 176 g/mol. The zero-order valence-corrected chi connectivity index (χ0v) is 8.96. The fourth-order valence-corrected chi connectivity index (χ4v) is 2.06. The molecule has 2 nitrogen and oxygen atoms in total. The fourth-order valence-electron chi connectivity index (χ4n) is 2.06. The molecular formula is C12H20O2. The van der Waals surface area contributed by atoms with Crippen molar-refractivity contribution in [2.24, 2.45) is 5.92 Å². The summed E-state index contributed by atoms with van der Waals surface area (Å²) in [5.74, 6) is 0.0117. The molecule has 1 rings (SSSR count). The predicted molar refractivity (Wildman–Crippen MR) is 57.2 cm³/mol. The van der Waals surface area contributed by atoms with Crippen molar-refractivity contribution in [3.63, 3.8) is 0 Å². The summed E-state index contributed by atoms with van der Waals surface area (Å²) in [7, 11) is 0. The molecule has 1 aliphatic rings. The molecule has 0 aromatic rings. The monoisotopic (exact) mass is 196 g/mol. The van der Waals surface area contributed by atoms with Crippen molar-refractivity contribution in [3.8, 4) is 0 Å². The first kappa shape index (κ1) is 11.3. The van der Waals surface area contributed by atoms with E-state index in [1.807, 2.05) is 6.08 Å². The van der Waals surface area contributed by atoms with E-state index in [4.69, 9.17) is 5.11 Å². The maximum atomic E-state index is 10.9. The third-order valence-corrected chi connectivity index (χ3v) is 3.13. The second-order valence-corrected chi connectivity index (χ2v) is 4.13. The Bertz CT molecular complexity index is 218. The van der Waals surface area contributed by atoms with E-state index in [1.54, 1.807) is 0 Å². The van der Waals surface area contributed by atoms with Gasteiger partial charge in [0.2, 0.25) is 0 Å². The summed E-state index contributed by atoms with van der Waals surface area (Å²) in [6.07, 6.45) is 9.53. The summed E-state index contributed by atoms with van der Waals surface area (Å²) >= 11 is 0. The van der Waals surface area contributed by atoms with Crippen LogP contribution in [0.4, 0.5) is 0 Å². The minimum atomic E-state index is -0.721. The number of carboxylic acid groups (broad SMARTS) is 1. The molecule has 0 aromatic carbocycles. The first-order valence-corrected chi connectivity index (χ1v) is 5.66. The topological polar surface area (TPSA) is 37.3 Å². The van der Waals surface area contributed by atoms with Crippen LogP contribution in [-0.2, 0) is 4.79 Å². The zero-order chi connectivity index (χ0) is 10.4. The summed E-state index contributed by atoms with van der Waals surface area (Å²) in [6.45, 7) is 2.20. The van der Waals surface area contributed by atoms with E-state index in [0.29, 0.717) is 5.57 Å². The molecule has 0 spiro atoms. The van der Waals surface area contributed by atoms with Gasteiger partial charge in [-0.2, -0.15) is 0 Å². The van der Waals surface area contributed by atoms with E-state index >= 15 is 0 Å². The molecule has 1 unspecified atom stereocenters. The molecule has 0 saturated carbocycles. The first-order chi connectivity index (χ1) is 6.74. The van der Waals surface area contributed by atoms with Gasteiger partial charge in [-0.1, -0.05) is 32.3 Å². The molecule has 1 atom stereocenters. The van der Waals surface area contributed by atoms with Gasteiger partial charge in [0, 0.05) is 5.57 Å². The number of rotatable bonds is 2. The third kappa shape index (κ3) is 3.52. The van der Waals surface area contributed by atoms with Crippen LogP contribution < -0.4 is 0 Å². The molecule has 0 radical (unpaired) electrons. The van der Waals surface area contributed by atoms with Crippen LogP contribution in [0.5, 0.6) is 0 Å². The average Bonchev–Trinajstić information content (AvgIpc) is 2.28. The number of hydrogen-bond donors (Lipinski definition) is 1. The number of carbonyl (C=O) groups is 1. The van der Waals surface area contributed by atoms with Gasteiger partial charge in [-0.15, -0.1) is 0 Å². The second kappa shape index (κ2) is 5.84. The molecule has 0 amide bonds. The van der Waals surface area contributed by atoms with Crippen molar-refractivity contribution in [1.29, 1.82) is 0 Å². The Morgan fingerprint density at radius 3 is 2.93 bits per heavy atom. The Labute approximate surface area is 86.0 Å². The predicted octanol–water partition coefficient (Wildman–Crippen LogP) is 3.38. The second-order valence-electron chi connectivity index (χ2n) is 4.13. The number of hydrogen-bond acceptors (Lipinski definition) is 1. The lowest BCUT2D eigenvalue weighted by Crippen LogP contribution is -2.04. The van der Waals surface area contributed by atoms with E-state index in [9.17, 15) is 4.79 Å². The van der Waals surface area contributed by atoms with Crippen molar-refractivity contribution in [2.75, 3.05) is 0 Å². The maximum absolute atomic E-state index is 10.9. The van der Waals surface area contributed by atoms with Gasteiger partial charge in [-0.25, -0.2) is 4.79 Å². The Hall–Kier alpha value is -0.790. The first-order valence-electron chi connectivity index (χ1n) is 5.66. The normalized spacial score (nSPS) is 24.4. The summed E-state index contributed by atoms with van der Waals surface area (Å²) in [6, 6.07) is 0. The van der Waals surface area contributed by atoms with E-state index < -0.39 is 5.97 Å². The lowest BCUT2D eigenvalue weighted by molar-refractivity contribution is -0.132. The van der Waals surface area contributed by atoms with Crippen molar-refractivity contribution >= 4 is 5.97 Å². The molecule has 1 N–H and O–H groups in total. The zero-order valence-electron chi connectivity index (χ0n) is 8.96. The highest BCUT2D eigenvalue weighted by molar-refractivity contribution is 5.86. The summed E-state index contributed by atoms with van der Waals surface area (Å²) in [4.78, 5) is 10.9. The van der Waals surface area contributed by atoms with Crippen LogP contribution in [0.1, 0.15) is 51.9 Å². The summed E-state index contributed by atoms with van der Waals surface area (Å²) in [5, 5.41) is 8.94. The third-order valence-electron chi connectivity index (χ3n) is 3.13. The van der Waals surface area contributed by atoms with E-state index in [0.717, 1.165) is 31.6 Å². The van der Waals surface area contributed by atoms with Gasteiger partial charge in [-0.05, 0) is 31.6 Å². The Kier molecular flexibility index (Phi) is 4.71. The lowest BCUT2D eigenvalue weighted by Gasteiger charge is -2.12. The van der Waals surface area contributed by atoms with Crippen LogP contribution in [0.15, 0.2) is 11.6 Å². The summed E-state index contributed by atoms with van der Waals surface area (Å²) < 4.78 is 0. The van der Waals surface area contributed by atoms with E-state index in [1.165, 1.54) is 19.3 Å². The highest BCUT2D eigenvalue weighted by atomic mass is 16.4. The standard InChI is InChI=1S/C12H20O2/c1-2-10-6-4-3-5-7-11(9-8-10)12(13)14/h7,10H,2-6,8-9H2,1H3,(H,13,14). The van der Waals surface area contributed by atoms with Gasteiger partial charge in [0.05, 0.1) is 0 Å². The van der Waals surface area contributed by atoms with Gasteiger partial charge in [-0.3, -0.25) is 0 Å². The highest BCUT2D eigenvalue weighted by Gasteiger charge is 2.13. The van der Waals surface area contributed by atoms with Crippen molar-refractivity contribution in [2.45, 2.75) is 51.9 Å². The van der Waals surface area contributed by atoms with Crippen LogP contribution in [0.2, 0.25) is 0 Å². The van der Waals surface area contributed by atoms with Crippen LogP contribution in [0.25, 0.3) is 0 Å². The van der Waals surface area contributed by atoms with Crippen LogP contribution >= 0.6 is 0 Å². The molecule has 2 heteroatoms. The highest BCUT2D eigenvalue weighted by Crippen LogP contribution is 2.24. The van der Waals surface area contributed by atoms with Crippen LogP contribution in [0.3, 0.4) is 0 Å². The lowest BCUT2D eigenvalue weighted by atomic mass is 9.93. The molecule has 1 aliphatic carbocycles. The van der Waals surface area contributed by atoms with Crippen LogP contribution in [0, 0.1) is 5.92 Å². The Morgan fingerprint density at radius 1 is 1.50 bits per heavy atom. The van der Waals surface area contributed by atoms with Crippen molar-refractivity contribution in [3.05, 3.63) is 11.6 Å². The maximum Gasteiger partial charge on any atom is 0.331 e. The SMILES string of the molecule is CCC1CCCCC=C(C(=O)O)CC1. The van der Waals surface area contributed by atoms with Gasteiger partial charge >= 0.3 is 5.97 Å². The molecule has 0 heterocycles. The molecule has 80 valence electrons. The van der Waals surface area contributed by atoms with Gasteiger partial charge in [0.25, 0.3) is 0 Å². The van der Waals surface area contributed by atoms with E-state index in [2.05, 4.69) is 6.92 Å². The number of allylic oxidation sites excluding steroid dienone is 1. The smallest absolute Gasteiger partial charge is 0.331 e. The molecule has 0 aliphatic heterocycles. The molecule has 14 heavy (non-hydrogen) atoms. The van der Waals surface area contributed by atoms with Gasteiger partial charge < -0.3 is 5.11 Å². The number of aliphatic carboxylic acids is 1. The van der Waals surface area contributed by atoms with Gasteiger partial charge in [0.15, 0.2) is 0 Å². The summed E-state index contributed by atoms with van der Waals surface area (Å²) in [5.41, 5.74) is 0.630.